The summed E-state index contributed by atoms with van der Waals surface area (Å²) < 4.78 is 2.37. The molecule has 1 heteroatoms. The Morgan fingerprint density at radius 2 is 1.29 bits per heavy atom. The van der Waals surface area contributed by atoms with Crippen LogP contribution in [0.2, 0.25) is 0 Å². The Kier molecular flexibility index (Phi) is 3.66. The Balaban J connectivity index is 2.26. The Bertz CT molecular complexity index is 721. The highest BCUT2D eigenvalue weighted by atomic mass is 15.0. The van der Waals surface area contributed by atoms with E-state index in [1.54, 1.807) is 0 Å². The predicted molar refractivity (Wildman–Crippen MR) is 90.4 cm³/mol. The zero-order valence-corrected chi connectivity index (χ0v) is 12.9. The molecule has 0 saturated carbocycles. The Morgan fingerprint density at radius 3 is 1.81 bits per heavy atom. The molecule has 1 heterocycles. The number of rotatable bonds is 3. The van der Waals surface area contributed by atoms with Crippen LogP contribution in [0.3, 0.4) is 0 Å². The minimum atomic E-state index is 0.463. The fraction of sp³-hybridized carbons (Fsp3) is 0.200. The van der Waals surface area contributed by atoms with Crippen molar-refractivity contribution in [2.45, 2.75) is 26.8 Å². The third kappa shape index (κ3) is 2.52. The van der Waals surface area contributed by atoms with E-state index in [2.05, 4.69) is 92.2 Å². The molecule has 0 radical (unpaired) electrons. The van der Waals surface area contributed by atoms with Gasteiger partial charge < -0.3 is 4.57 Å². The quantitative estimate of drug-likeness (QED) is 0.577. The van der Waals surface area contributed by atoms with Gasteiger partial charge in [-0.05, 0) is 31.9 Å². The molecule has 106 valence electrons. The van der Waals surface area contributed by atoms with Gasteiger partial charge in [0.2, 0.25) is 0 Å². The normalized spacial score (nSPS) is 11.0. The molecule has 3 rings (SSSR count). The maximum atomic E-state index is 2.37. The summed E-state index contributed by atoms with van der Waals surface area (Å²) in [5.74, 6) is 0. The van der Waals surface area contributed by atoms with E-state index < -0.39 is 0 Å². The SMILES string of the molecule is Cc1c(-c2ccccc2)c(-c2ccccc2)cn1C(C)C. The second-order valence-electron chi connectivity index (χ2n) is 5.74. The van der Waals surface area contributed by atoms with Crippen LogP contribution < -0.4 is 0 Å². The standard InChI is InChI=1S/C20H21N/c1-15(2)21-14-19(17-10-6-4-7-11-17)20(16(21)3)18-12-8-5-9-13-18/h4-15H,1-3H3. The van der Waals surface area contributed by atoms with Gasteiger partial charge in [0.25, 0.3) is 0 Å². The van der Waals surface area contributed by atoms with Crippen LogP contribution in [0.25, 0.3) is 22.3 Å². The van der Waals surface area contributed by atoms with Crippen molar-refractivity contribution < 1.29 is 0 Å². The van der Waals surface area contributed by atoms with Crippen molar-refractivity contribution in [1.29, 1.82) is 0 Å². The van der Waals surface area contributed by atoms with Crippen LogP contribution in [0, 0.1) is 6.92 Å². The van der Waals surface area contributed by atoms with E-state index in [-0.39, 0.29) is 0 Å². The predicted octanol–water partition coefficient (Wildman–Crippen LogP) is 5.71. The molecule has 0 atom stereocenters. The highest BCUT2D eigenvalue weighted by Gasteiger charge is 2.16. The molecule has 0 bridgehead atoms. The molecular formula is C20H21N. The Labute approximate surface area is 126 Å². The minimum Gasteiger partial charge on any atom is -0.348 e. The fourth-order valence-corrected chi connectivity index (χ4v) is 2.97. The summed E-state index contributed by atoms with van der Waals surface area (Å²) in [6.07, 6.45) is 2.29. The lowest BCUT2D eigenvalue weighted by Gasteiger charge is -2.11. The molecule has 0 unspecified atom stereocenters. The van der Waals surface area contributed by atoms with E-state index in [0.717, 1.165) is 0 Å². The third-order valence-corrected chi connectivity index (χ3v) is 3.99. The van der Waals surface area contributed by atoms with Gasteiger partial charge in [0, 0.05) is 29.1 Å². The fourth-order valence-electron chi connectivity index (χ4n) is 2.97. The van der Waals surface area contributed by atoms with Gasteiger partial charge in [-0.2, -0.15) is 0 Å². The van der Waals surface area contributed by atoms with E-state index >= 15 is 0 Å². The summed E-state index contributed by atoms with van der Waals surface area (Å²) in [4.78, 5) is 0. The van der Waals surface area contributed by atoms with E-state index in [4.69, 9.17) is 0 Å². The molecule has 0 aliphatic carbocycles. The van der Waals surface area contributed by atoms with Gasteiger partial charge in [-0.1, -0.05) is 60.7 Å². The molecule has 0 spiro atoms. The van der Waals surface area contributed by atoms with Crippen molar-refractivity contribution in [2.24, 2.45) is 0 Å². The van der Waals surface area contributed by atoms with Gasteiger partial charge >= 0.3 is 0 Å². The lowest BCUT2D eigenvalue weighted by Crippen LogP contribution is -2.00. The van der Waals surface area contributed by atoms with E-state index in [0.29, 0.717) is 6.04 Å². The highest BCUT2D eigenvalue weighted by Crippen LogP contribution is 2.37. The van der Waals surface area contributed by atoms with Crippen LogP contribution in [0.5, 0.6) is 0 Å². The molecule has 1 aromatic heterocycles. The molecular weight excluding hydrogens is 254 g/mol. The summed E-state index contributed by atoms with van der Waals surface area (Å²) in [5, 5.41) is 0. The van der Waals surface area contributed by atoms with Crippen molar-refractivity contribution >= 4 is 0 Å². The van der Waals surface area contributed by atoms with E-state index in [1.807, 2.05) is 0 Å². The molecule has 1 nitrogen and oxygen atoms in total. The van der Waals surface area contributed by atoms with E-state index in [9.17, 15) is 0 Å². The lowest BCUT2D eigenvalue weighted by atomic mass is 9.97. The van der Waals surface area contributed by atoms with E-state index in [1.165, 1.54) is 27.9 Å². The summed E-state index contributed by atoms with van der Waals surface area (Å²) in [5.41, 5.74) is 6.55. The molecule has 0 fully saturated rings. The van der Waals surface area contributed by atoms with Crippen LogP contribution in [-0.4, -0.2) is 4.57 Å². The molecule has 3 aromatic rings. The molecule has 0 aliphatic heterocycles. The van der Waals surface area contributed by atoms with Crippen LogP contribution in [0.15, 0.2) is 66.9 Å². The van der Waals surface area contributed by atoms with Crippen LogP contribution in [0.4, 0.5) is 0 Å². The van der Waals surface area contributed by atoms with Crippen LogP contribution in [-0.2, 0) is 0 Å². The zero-order valence-electron chi connectivity index (χ0n) is 12.9. The Hall–Kier alpha value is -2.28. The smallest absolute Gasteiger partial charge is 0.0277 e. The van der Waals surface area contributed by atoms with Crippen molar-refractivity contribution in [3.8, 4) is 22.3 Å². The van der Waals surface area contributed by atoms with Crippen LogP contribution >= 0.6 is 0 Å². The average Bonchev–Trinajstić information content (AvgIpc) is 2.87. The first-order valence-corrected chi connectivity index (χ1v) is 7.50. The molecule has 0 saturated heterocycles. The van der Waals surface area contributed by atoms with Gasteiger partial charge in [-0.15, -0.1) is 0 Å². The summed E-state index contributed by atoms with van der Waals surface area (Å²) in [7, 11) is 0. The molecule has 2 aromatic carbocycles. The lowest BCUT2D eigenvalue weighted by molar-refractivity contribution is 0.590. The van der Waals surface area contributed by atoms with Gasteiger partial charge in [0.1, 0.15) is 0 Å². The summed E-state index contributed by atoms with van der Waals surface area (Å²) >= 11 is 0. The minimum absolute atomic E-state index is 0.463. The monoisotopic (exact) mass is 275 g/mol. The number of benzene rings is 2. The van der Waals surface area contributed by atoms with Crippen LogP contribution in [0.1, 0.15) is 25.6 Å². The number of aromatic nitrogens is 1. The molecule has 0 amide bonds. The van der Waals surface area contributed by atoms with Crippen molar-refractivity contribution in [3.63, 3.8) is 0 Å². The maximum Gasteiger partial charge on any atom is 0.0277 e. The summed E-state index contributed by atoms with van der Waals surface area (Å²) in [6, 6.07) is 21.8. The average molecular weight is 275 g/mol. The zero-order chi connectivity index (χ0) is 14.8. The highest BCUT2D eigenvalue weighted by molar-refractivity contribution is 5.85. The van der Waals surface area contributed by atoms with Gasteiger partial charge in [-0.25, -0.2) is 0 Å². The topological polar surface area (TPSA) is 4.93 Å². The maximum absolute atomic E-state index is 2.37. The first kappa shape index (κ1) is 13.7. The molecule has 0 N–H and O–H groups in total. The van der Waals surface area contributed by atoms with Crippen molar-refractivity contribution in [3.05, 3.63) is 72.6 Å². The Morgan fingerprint density at radius 1 is 0.762 bits per heavy atom. The number of hydrogen-bond donors (Lipinski definition) is 0. The second-order valence-corrected chi connectivity index (χ2v) is 5.74. The first-order valence-electron chi connectivity index (χ1n) is 7.50. The number of nitrogens with zero attached hydrogens (tertiary/aromatic N) is 1. The first-order chi connectivity index (χ1) is 10.2. The third-order valence-electron chi connectivity index (χ3n) is 3.99. The van der Waals surface area contributed by atoms with Crippen molar-refractivity contribution in [2.75, 3.05) is 0 Å². The largest absolute Gasteiger partial charge is 0.348 e. The van der Waals surface area contributed by atoms with Crippen molar-refractivity contribution in [1.82, 2.24) is 4.57 Å². The number of hydrogen-bond acceptors (Lipinski definition) is 0. The van der Waals surface area contributed by atoms with Gasteiger partial charge in [0.05, 0.1) is 0 Å². The molecule has 0 aliphatic rings. The van der Waals surface area contributed by atoms with Gasteiger partial charge in [0.15, 0.2) is 0 Å². The molecule has 21 heavy (non-hydrogen) atoms. The summed E-state index contributed by atoms with van der Waals surface area (Å²) in [6.45, 7) is 6.68. The van der Waals surface area contributed by atoms with Gasteiger partial charge in [-0.3, -0.25) is 0 Å². The second kappa shape index (κ2) is 5.61.